The van der Waals surface area contributed by atoms with E-state index in [1.807, 2.05) is 42.5 Å². The Labute approximate surface area is 142 Å². The van der Waals surface area contributed by atoms with Crippen molar-refractivity contribution in [1.82, 2.24) is 0 Å². The number of hydrogen-bond donors (Lipinski definition) is 1. The molecular formula is C20H20N2O2. The van der Waals surface area contributed by atoms with Crippen LogP contribution in [-0.4, -0.2) is 12.5 Å². The molecule has 0 spiro atoms. The highest BCUT2D eigenvalue weighted by Gasteiger charge is 2.02. The molecule has 122 valence electrons. The van der Waals surface area contributed by atoms with Crippen LogP contribution in [0, 0.1) is 11.3 Å². The lowest BCUT2D eigenvalue weighted by molar-refractivity contribution is -0.111. The third-order valence-electron chi connectivity index (χ3n) is 3.43. The number of nitrogens with one attached hydrogen (secondary N) is 1. The molecule has 1 amide bonds. The van der Waals surface area contributed by atoms with Crippen LogP contribution in [0.1, 0.15) is 30.9 Å². The fraction of sp³-hybridized carbons (Fsp3) is 0.200. The van der Waals surface area contributed by atoms with Gasteiger partial charge in [-0.05, 0) is 47.4 Å². The van der Waals surface area contributed by atoms with Gasteiger partial charge in [0.05, 0.1) is 0 Å². The van der Waals surface area contributed by atoms with Crippen molar-refractivity contribution < 1.29 is 9.53 Å². The van der Waals surface area contributed by atoms with E-state index in [1.54, 1.807) is 18.2 Å². The molecule has 0 aliphatic rings. The van der Waals surface area contributed by atoms with E-state index in [1.165, 1.54) is 11.6 Å². The maximum atomic E-state index is 12.0. The van der Waals surface area contributed by atoms with Crippen molar-refractivity contribution in [2.45, 2.75) is 19.8 Å². The van der Waals surface area contributed by atoms with Gasteiger partial charge >= 0.3 is 0 Å². The molecule has 0 radical (unpaired) electrons. The Morgan fingerprint density at radius 1 is 1.25 bits per heavy atom. The number of carbonyl (C=O) groups excluding carboxylic acids is 1. The van der Waals surface area contributed by atoms with E-state index >= 15 is 0 Å². The zero-order chi connectivity index (χ0) is 17.4. The fourth-order valence-corrected chi connectivity index (χ4v) is 2.12. The predicted molar refractivity (Wildman–Crippen MR) is 95.7 cm³/mol. The molecule has 0 saturated heterocycles. The second kappa shape index (κ2) is 8.54. The van der Waals surface area contributed by atoms with Crippen LogP contribution in [0.15, 0.2) is 54.6 Å². The minimum Gasteiger partial charge on any atom is -0.479 e. The monoisotopic (exact) mass is 320 g/mol. The van der Waals surface area contributed by atoms with Gasteiger partial charge in [0.25, 0.3) is 0 Å². The molecule has 0 unspecified atom stereocenters. The average molecular weight is 320 g/mol. The molecule has 2 aromatic rings. The Kier molecular flexibility index (Phi) is 6.16. The SMILES string of the molecule is CC(C)c1cccc(NC(=O)/C=C/c2ccc(OCC#N)cc2)c1. The number of amides is 1. The van der Waals surface area contributed by atoms with E-state index < -0.39 is 0 Å². The van der Waals surface area contributed by atoms with Gasteiger partial charge in [-0.3, -0.25) is 4.79 Å². The lowest BCUT2D eigenvalue weighted by Crippen LogP contribution is -2.08. The largest absolute Gasteiger partial charge is 0.479 e. The Balaban J connectivity index is 1.95. The quantitative estimate of drug-likeness (QED) is 0.804. The molecule has 4 heteroatoms. The summed E-state index contributed by atoms with van der Waals surface area (Å²) in [7, 11) is 0. The molecule has 0 atom stereocenters. The van der Waals surface area contributed by atoms with E-state index in [0.717, 1.165) is 11.3 Å². The molecule has 2 rings (SSSR count). The Hall–Kier alpha value is -3.06. The van der Waals surface area contributed by atoms with Gasteiger partial charge in [-0.1, -0.05) is 38.1 Å². The van der Waals surface area contributed by atoms with E-state index in [0.29, 0.717) is 11.7 Å². The topological polar surface area (TPSA) is 62.1 Å². The molecule has 0 saturated carbocycles. The molecule has 24 heavy (non-hydrogen) atoms. The summed E-state index contributed by atoms with van der Waals surface area (Å²) in [6, 6.07) is 16.9. The highest BCUT2D eigenvalue weighted by molar-refractivity contribution is 6.01. The van der Waals surface area contributed by atoms with Crippen LogP contribution in [0.2, 0.25) is 0 Å². The molecule has 2 aromatic carbocycles. The second-order valence-electron chi connectivity index (χ2n) is 5.62. The van der Waals surface area contributed by atoms with Gasteiger partial charge in [-0.15, -0.1) is 0 Å². The minimum atomic E-state index is -0.180. The fourth-order valence-electron chi connectivity index (χ4n) is 2.12. The third-order valence-corrected chi connectivity index (χ3v) is 3.43. The molecule has 0 aliphatic heterocycles. The standard InChI is InChI=1S/C20H20N2O2/c1-15(2)17-4-3-5-18(14-17)22-20(23)11-8-16-6-9-19(10-7-16)24-13-12-21/h3-11,14-15H,13H2,1-2H3,(H,22,23)/b11-8+. The Morgan fingerprint density at radius 2 is 2.00 bits per heavy atom. The minimum absolute atomic E-state index is 0.0209. The number of benzene rings is 2. The lowest BCUT2D eigenvalue weighted by Gasteiger charge is -2.08. The van der Waals surface area contributed by atoms with Crippen molar-refractivity contribution in [3.8, 4) is 11.8 Å². The number of nitrogens with zero attached hydrogens (tertiary/aromatic N) is 1. The summed E-state index contributed by atoms with van der Waals surface area (Å²) in [6.45, 7) is 4.25. The first-order chi connectivity index (χ1) is 11.6. The normalized spacial score (nSPS) is 10.6. The van der Waals surface area contributed by atoms with Gasteiger partial charge in [0.2, 0.25) is 5.91 Å². The van der Waals surface area contributed by atoms with Crippen molar-refractivity contribution in [2.24, 2.45) is 0 Å². The highest BCUT2D eigenvalue weighted by Crippen LogP contribution is 2.18. The smallest absolute Gasteiger partial charge is 0.248 e. The average Bonchev–Trinajstić information content (AvgIpc) is 2.59. The highest BCUT2D eigenvalue weighted by atomic mass is 16.5. The second-order valence-corrected chi connectivity index (χ2v) is 5.62. The maximum absolute atomic E-state index is 12.0. The predicted octanol–water partition coefficient (Wildman–Crippen LogP) is 4.36. The van der Waals surface area contributed by atoms with E-state index in [-0.39, 0.29) is 12.5 Å². The summed E-state index contributed by atoms with van der Waals surface area (Å²) in [5, 5.41) is 11.3. The van der Waals surface area contributed by atoms with Crippen molar-refractivity contribution in [3.63, 3.8) is 0 Å². The third kappa shape index (κ3) is 5.29. The van der Waals surface area contributed by atoms with Gasteiger partial charge in [0, 0.05) is 11.8 Å². The molecule has 4 nitrogen and oxygen atoms in total. The van der Waals surface area contributed by atoms with Crippen molar-refractivity contribution in [2.75, 3.05) is 11.9 Å². The lowest BCUT2D eigenvalue weighted by atomic mass is 10.0. The van der Waals surface area contributed by atoms with Crippen LogP contribution >= 0.6 is 0 Å². The van der Waals surface area contributed by atoms with E-state index in [9.17, 15) is 4.79 Å². The number of hydrogen-bond acceptors (Lipinski definition) is 3. The molecule has 0 aromatic heterocycles. The number of ether oxygens (including phenoxy) is 1. The van der Waals surface area contributed by atoms with Gasteiger partial charge in [0.15, 0.2) is 6.61 Å². The van der Waals surface area contributed by atoms with Gasteiger partial charge in [-0.2, -0.15) is 5.26 Å². The Bertz CT molecular complexity index is 756. The van der Waals surface area contributed by atoms with Gasteiger partial charge in [-0.25, -0.2) is 0 Å². The summed E-state index contributed by atoms with van der Waals surface area (Å²) in [6.07, 6.45) is 3.23. The molecule has 0 aliphatic carbocycles. The summed E-state index contributed by atoms with van der Waals surface area (Å²) < 4.78 is 5.18. The molecule has 0 bridgehead atoms. The number of carbonyl (C=O) groups is 1. The van der Waals surface area contributed by atoms with Crippen LogP contribution in [0.3, 0.4) is 0 Å². The van der Waals surface area contributed by atoms with Gasteiger partial charge in [0.1, 0.15) is 11.8 Å². The van der Waals surface area contributed by atoms with Crippen LogP contribution in [0.4, 0.5) is 5.69 Å². The van der Waals surface area contributed by atoms with Crippen LogP contribution in [0.5, 0.6) is 5.75 Å². The number of nitriles is 1. The maximum Gasteiger partial charge on any atom is 0.248 e. The summed E-state index contributed by atoms with van der Waals surface area (Å²) in [5.74, 6) is 0.864. The summed E-state index contributed by atoms with van der Waals surface area (Å²) in [4.78, 5) is 12.0. The zero-order valence-electron chi connectivity index (χ0n) is 13.8. The number of rotatable bonds is 6. The first kappa shape index (κ1) is 17.3. The Morgan fingerprint density at radius 3 is 2.67 bits per heavy atom. The zero-order valence-corrected chi connectivity index (χ0v) is 13.8. The summed E-state index contributed by atoms with van der Waals surface area (Å²) in [5.41, 5.74) is 2.85. The summed E-state index contributed by atoms with van der Waals surface area (Å²) >= 11 is 0. The number of anilines is 1. The van der Waals surface area contributed by atoms with Crippen molar-refractivity contribution in [1.29, 1.82) is 5.26 Å². The van der Waals surface area contributed by atoms with Crippen LogP contribution in [0.25, 0.3) is 6.08 Å². The molecular weight excluding hydrogens is 300 g/mol. The van der Waals surface area contributed by atoms with E-state index in [2.05, 4.69) is 19.2 Å². The van der Waals surface area contributed by atoms with Crippen LogP contribution < -0.4 is 10.1 Å². The van der Waals surface area contributed by atoms with Crippen molar-refractivity contribution in [3.05, 3.63) is 65.7 Å². The van der Waals surface area contributed by atoms with E-state index in [4.69, 9.17) is 10.00 Å². The van der Waals surface area contributed by atoms with Gasteiger partial charge < -0.3 is 10.1 Å². The molecule has 0 fully saturated rings. The molecule has 1 N–H and O–H groups in total. The first-order valence-corrected chi connectivity index (χ1v) is 7.77. The van der Waals surface area contributed by atoms with Crippen molar-refractivity contribution >= 4 is 17.7 Å². The first-order valence-electron chi connectivity index (χ1n) is 7.77. The van der Waals surface area contributed by atoms with Crippen LogP contribution in [-0.2, 0) is 4.79 Å². The molecule has 0 heterocycles.